The van der Waals surface area contributed by atoms with Crippen molar-refractivity contribution in [2.75, 3.05) is 7.05 Å². The van der Waals surface area contributed by atoms with E-state index in [0.29, 0.717) is 24.4 Å². The third-order valence-electron chi connectivity index (χ3n) is 4.04. The minimum atomic E-state index is -0.670. The summed E-state index contributed by atoms with van der Waals surface area (Å²) in [6, 6.07) is 7.65. The molecule has 25 heavy (non-hydrogen) atoms. The molecule has 0 bridgehead atoms. The molecule has 4 nitrogen and oxygen atoms in total. The van der Waals surface area contributed by atoms with Crippen molar-refractivity contribution in [3.63, 3.8) is 0 Å². The van der Waals surface area contributed by atoms with E-state index in [1.165, 1.54) is 0 Å². The summed E-state index contributed by atoms with van der Waals surface area (Å²) in [7, 11) is 1.80. The molecular formula is C20H28N2O2S. The van der Waals surface area contributed by atoms with Crippen molar-refractivity contribution in [2.45, 2.75) is 58.6 Å². The van der Waals surface area contributed by atoms with Crippen LogP contribution in [-0.4, -0.2) is 33.5 Å². The number of rotatable bonds is 7. The number of hydrogen-bond donors (Lipinski definition) is 1. The van der Waals surface area contributed by atoms with Gasteiger partial charge in [0.05, 0.1) is 22.8 Å². The zero-order chi connectivity index (χ0) is 18.6. The maximum Gasteiger partial charge on any atom is 0.253 e. The fraction of sp³-hybridized carbons (Fsp3) is 0.500. The lowest BCUT2D eigenvalue weighted by molar-refractivity contribution is 0.0713. The molecule has 0 fully saturated rings. The summed E-state index contributed by atoms with van der Waals surface area (Å²) in [5.41, 5.74) is 2.07. The second-order valence-electron chi connectivity index (χ2n) is 7.50. The molecule has 0 radical (unpaired) electrons. The first-order valence-electron chi connectivity index (χ1n) is 8.67. The Bertz CT molecular complexity index is 699. The number of amides is 1. The van der Waals surface area contributed by atoms with Gasteiger partial charge in [-0.1, -0.05) is 26.0 Å². The molecule has 0 spiro atoms. The molecule has 0 atom stereocenters. The van der Waals surface area contributed by atoms with Gasteiger partial charge in [0.1, 0.15) is 0 Å². The van der Waals surface area contributed by atoms with Gasteiger partial charge in [0.15, 0.2) is 0 Å². The standard InChI is InChI=1S/C20H28N2O2S/c1-14(2)18-21-17(13-25-18)12-22(5)19(23)16-8-6-15(7-9-16)10-11-20(3,4)24/h6-9,13-14,24H,10-12H2,1-5H3. The molecule has 0 aliphatic heterocycles. The Balaban J connectivity index is 1.96. The van der Waals surface area contributed by atoms with Gasteiger partial charge in [-0.3, -0.25) is 4.79 Å². The van der Waals surface area contributed by atoms with Crippen molar-refractivity contribution in [1.29, 1.82) is 0 Å². The summed E-state index contributed by atoms with van der Waals surface area (Å²) in [6.45, 7) is 8.38. The molecule has 1 N–H and O–H groups in total. The Labute approximate surface area is 154 Å². The normalized spacial score (nSPS) is 11.8. The predicted octanol–water partition coefficient (Wildman–Crippen LogP) is 4.24. The molecule has 136 valence electrons. The lowest BCUT2D eigenvalue weighted by atomic mass is 9.98. The van der Waals surface area contributed by atoms with Gasteiger partial charge in [0.25, 0.3) is 5.91 Å². The first-order chi connectivity index (χ1) is 11.7. The van der Waals surface area contributed by atoms with Crippen LogP contribution in [-0.2, 0) is 13.0 Å². The topological polar surface area (TPSA) is 53.4 Å². The Hall–Kier alpha value is -1.72. The number of benzene rings is 1. The smallest absolute Gasteiger partial charge is 0.253 e. The first kappa shape index (κ1) is 19.6. The van der Waals surface area contributed by atoms with Crippen LogP contribution in [0, 0.1) is 0 Å². The molecule has 2 aromatic rings. The second kappa shape index (κ2) is 8.11. The van der Waals surface area contributed by atoms with E-state index in [2.05, 4.69) is 18.8 Å². The highest BCUT2D eigenvalue weighted by Gasteiger charge is 2.15. The molecule has 1 heterocycles. The van der Waals surface area contributed by atoms with Crippen molar-refractivity contribution in [3.05, 3.63) is 51.5 Å². The van der Waals surface area contributed by atoms with E-state index in [1.807, 2.05) is 43.5 Å². The van der Waals surface area contributed by atoms with E-state index in [-0.39, 0.29) is 5.91 Å². The lowest BCUT2D eigenvalue weighted by Crippen LogP contribution is -2.26. The summed E-state index contributed by atoms with van der Waals surface area (Å²) >= 11 is 1.65. The molecule has 1 aromatic carbocycles. The summed E-state index contributed by atoms with van der Waals surface area (Å²) in [6.07, 6.45) is 1.49. The Morgan fingerprint density at radius 2 is 1.92 bits per heavy atom. The molecule has 0 saturated heterocycles. The van der Waals surface area contributed by atoms with Gasteiger partial charge in [-0.25, -0.2) is 4.98 Å². The summed E-state index contributed by atoms with van der Waals surface area (Å²) < 4.78 is 0. The maximum absolute atomic E-state index is 12.6. The monoisotopic (exact) mass is 360 g/mol. The van der Waals surface area contributed by atoms with Gasteiger partial charge >= 0.3 is 0 Å². The van der Waals surface area contributed by atoms with Crippen LogP contribution >= 0.6 is 11.3 Å². The highest BCUT2D eigenvalue weighted by Crippen LogP contribution is 2.20. The minimum absolute atomic E-state index is 0.00636. The molecular weight excluding hydrogens is 332 g/mol. The van der Waals surface area contributed by atoms with E-state index >= 15 is 0 Å². The van der Waals surface area contributed by atoms with E-state index in [1.54, 1.807) is 23.3 Å². The number of aromatic nitrogens is 1. The Kier molecular flexibility index (Phi) is 6.36. The largest absolute Gasteiger partial charge is 0.390 e. The lowest BCUT2D eigenvalue weighted by Gasteiger charge is -2.18. The zero-order valence-corrected chi connectivity index (χ0v) is 16.6. The van der Waals surface area contributed by atoms with Crippen LogP contribution in [0.3, 0.4) is 0 Å². The number of nitrogens with zero attached hydrogens (tertiary/aromatic N) is 2. The molecule has 0 saturated carbocycles. The Morgan fingerprint density at radius 3 is 2.44 bits per heavy atom. The van der Waals surface area contributed by atoms with Crippen molar-refractivity contribution >= 4 is 17.2 Å². The van der Waals surface area contributed by atoms with E-state index < -0.39 is 5.60 Å². The summed E-state index contributed by atoms with van der Waals surface area (Å²) in [4.78, 5) is 18.9. The SMILES string of the molecule is CC(C)c1nc(CN(C)C(=O)c2ccc(CCC(C)(C)O)cc2)cs1. The minimum Gasteiger partial charge on any atom is -0.390 e. The van der Waals surface area contributed by atoms with Crippen LogP contribution in [0.1, 0.15) is 66.7 Å². The van der Waals surface area contributed by atoms with E-state index in [0.717, 1.165) is 22.7 Å². The average molecular weight is 361 g/mol. The van der Waals surface area contributed by atoms with Crippen LogP contribution in [0.15, 0.2) is 29.6 Å². The molecule has 1 aromatic heterocycles. The van der Waals surface area contributed by atoms with Gasteiger partial charge < -0.3 is 10.0 Å². The number of carbonyl (C=O) groups is 1. The molecule has 5 heteroatoms. The number of carbonyl (C=O) groups excluding carboxylic acids is 1. The van der Waals surface area contributed by atoms with Gasteiger partial charge in [-0.15, -0.1) is 11.3 Å². The number of aryl methyl sites for hydroxylation is 1. The van der Waals surface area contributed by atoms with Crippen LogP contribution in [0.25, 0.3) is 0 Å². The van der Waals surface area contributed by atoms with Crippen LogP contribution in [0.5, 0.6) is 0 Å². The fourth-order valence-corrected chi connectivity index (χ4v) is 3.29. The third-order valence-corrected chi connectivity index (χ3v) is 5.23. The van der Waals surface area contributed by atoms with Crippen LogP contribution < -0.4 is 0 Å². The Morgan fingerprint density at radius 1 is 1.28 bits per heavy atom. The third kappa shape index (κ3) is 5.94. The van der Waals surface area contributed by atoms with Gasteiger partial charge in [-0.05, 0) is 44.4 Å². The molecule has 2 rings (SSSR count). The molecule has 0 aliphatic carbocycles. The molecule has 0 aliphatic rings. The maximum atomic E-state index is 12.6. The second-order valence-corrected chi connectivity index (χ2v) is 8.39. The van der Waals surface area contributed by atoms with Crippen molar-refractivity contribution < 1.29 is 9.90 Å². The molecule has 0 unspecified atom stereocenters. The first-order valence-corrected chi connectivity index (χ1v) is 9.55. The highest BCUT2D eigenvalue weighted by atomic mass is 32.1. The van der Waals surface area contributed by atoms with Crippen LogP contribution in [0.4, 0.5) is 0 Å². The van der Waals surface area contributed by atoms with Crippen molar-refractivity contribution in [1.82, 2.24) is 9.88 Å². The van der Waals surface area contributed by atoms with Crippen LogP contribution in [0.2, 0.25) is 0 Å². The number of thiazole rings is 1. The predicted molar refractivity (Wildman–Crippen MR) is 103 cm³/mol. The molecule has 1 amide bonds. The zero-order valence-electron chi connectivity index (χ0n) is 15.7. The van der Waals surface area contributed by atoms with Crippen molar-refractivity contribution in [3.8, 4) is 0 Å². The quantitative estimate of drug-likeness (QED) is 0.803. The highest BCUT2D eigenvalue weighted by molar-refractivity contribution is 7.09. The number of hydrogen-bond acceptors (Lipinski definition) is 4. The van der Waals surface area contributed by atoms with E-state index in [4.69, 9.17) is 0 Å². The summed E-state index contributed by atoms with van der Waals surface area (Å²) in [5, 5.41) is 12.9. The number of aliphatic hydroxyl groups is 1. The van der Waals surface area contributed by atoms with Gasteiger partial charge in [-0.2, -0.15) is 0 Å². The van der Waals surface area contributed by atoms with E-state index in [9.17, 15) is 9.90 Å². The van der Waals surface area contributed by atoms with Crippen molar-refractivity contribution in [2.24, 2.45) is 0 Å². The average Bonchev–Trinajstić information content (AvgIpc) is 3.01. The fourth-order valence-electron chi connectivity index (χ4n) is 2.46. The van der Waals surface area contributed by atoms with Gasteiger partial charge in [0.2, 0.25) is 0 Å². The summed E-state index contributed by atoms with van der Waals surface area (Å²) in [5.74, 6) is 0.407. The van der Waals surface area contributed by atoms with Gasteiger partial charge in [0, 0.05) is 23.9 Å².